The van der Waals surface area contributed by atoms with Gasteiger partial charge in [-0.2, -0.15) is 0 Å². The normalized spacial score (nSPS) is 10.7. The van der Waals surface area contributed by atoms with E-state index in [-0.39, 0.29) is 0 Å². The zero-order valence-electron chi connectivity index (χ0n) is 7.94. The molecule has 4 aromatic heterocycles. The molecule has 0 aliphatic rings. The Morgan fingerprint density at radius 1 is 0.600 bits per heavy atom. The molecular weight excluding hydrogens is 316 g/mol. The second kappa shape index (κ2) is 4.03. The van der Waals surface area contributed by atoms with Gasteiger partial charge < -0.3 is 0 Å². The monoisotopic (exact) mass is 327 g/mol. The Morgan fingerprint density at radius 2 is 1.00 bits per heavy atom. The Morgan fingerprint density at radius 3 is 1.40 bits per heavy atom. The van der Waals surface area contributed by atoms with Crippen molar-refractivity contribution in [3.8, 4) is 0 Å². The van der Waals surface area contributed by atoms with Crippen LogP contribution in [0.15, 0.2) is 48.5 Å². The zero-order valence-corrected chi connectivity index (χ0v) is 11.4. The van der Waals surface area contributed by atoms with Gasteiger partial charge in [-0.3, -0.25) is 0 Å². The van der Waals surface area contributed by atoms with Crippen LogP contribution in [0.1, 0.15) is 0 Å². The van der Waals surface area contributed by atoms with Crippen molar-refractivity contribution < 1.29 is 0 Å². The predicted molar refractivity (Wildman–Crippen MR) is 67.3 cm³/mol. The molecule has 0 aliphatic carbocycles. The molecule has 6 aromatic rings. The predicted octanol–water partition coefficient (Wildman–Crippen LogP) is 2.56. The van der Waals surface area contributed by atoms with E-state index in [0.717, 1.165) is 0 Å². The number of rotatable bonds is 0. The van der Waals surface area contributed by atoms with Crippen molar-refractivity contribution in [1.82, 2.24) is 4.98 Å². The molecule has 0 unspecified atom stereocenters. The van der Waals surface area contributed by atoms with Crippen molar-refractivity contribution in [2.24, 2.45) is 0 Å². The van der Waals surface area contributed by atoms with E-state index in [1.54, 1.807) is 0 Å². The van der Waals surface area contributed by atoms with Crippen molar-refractivity contribution in [3.63, 3.8) is 0 Å². The number of hydrogen-bond donors (Lipinski definition) is 1. The van der Waals surface area contributed by atoms with Crippen LogP contribution in [0.25, 0.3) is 19.6 Å². The minimum absolute atomic E-state index is 0.622. The molecule has 1 N–H and O–H groups in total. The molecule has 0 aliphatic heterocycles. The molecule has 74 valence electrons. The van der Waals surface area contributed by atoms with Crippen LogP contribution in [0.3, 0.4) is 0 Å². The topological polar surface area (TPSA) is 15.8 Å². The van der Waals surface area contributed by atoms with Gasteiger partial charge in [-0.15, -0.1) is 0 Å². The Labute approximate surface area is 98.1 Å². The molecule has 2 aromatic carbocycles. The fourth-order valence-electron chi connectivity index (χ4n) is 1.45. The molecule has 0 amide bonds. The third-order valence-corrected chi connectivity index (χ3v) is 9.46. The van der Waals surface area contributed by atoms with Crippen LogP contribution in [0.5, 0.6) is 0 Å². The first-order valence-corrected chi connectivity index (χ1v) is 10.8. The zero-order chi connectivity index (χ0) is 10.1. The molecule has 1 nitrogen and oxygen atoms in total. The van der Waals surface area contributed by atoms with Crippen LogP contribution >= 0.6 is 0 Å². The van der Waals surface area contributed by atoms with Gasteiger partial charge in [0.2, 0.25) is 0 Å². The molecule has 4 bridgehead atoms. The van der Waals surface area contributed by atoms with Gasteiger partial charge in [0.1, 0.15) is 0 Å². The molecule has 4 heterocycles. The third-order valence-electron chi connectivity index (χ3n) is 2.23. The number of hydrogen-bond acceptors (Lipinski definition) is 0. The van der Waals surface area contributed by atoms with Crippen LogP contribution in [0.4, 0.5) is 0 Å². The van der Waals surface area contributed by atoms with E-state index in [9.17, 15) is 0 Å². The summed E-state index contributed by atoms with van der Waals surface area (Å²) >= 11 is 1.24. The summed E-state index contributed by atoms with van der Waals surface area (Å²) in [7, 11) is 0. The molecule has 0 saturated carbocycles. The Hall–Kier alpha value is -0.721. The number of benzene rings is 2. The van der Waals surface area contributed by atoms with E-state index in [1.165, 1.54) is 19.6 Å². The van der Waals surface area contributed by atoms with Crippen molar-refractivity contribution in [2.45, 2.75) is 0 Å². The van der Waals surface area contributed by atoms with Gasteiger partial charge in [-0.05, 0) is 0 Å². The van der Waals surface area contributed by atoms with Crippen molar-refractivity contribution in [1.29, 1.82) is 0 Å². The Balaban J connectivity index is 2.54. The van der Waals surface area contributed by atoms with Crippen LogP contribution in [-0.4, -0.2) is 30.3 Å². The van der Waals surface area contributed by atoms with E-state index < -0.39 is 0 Å². The number of aromatic amines is 1. The fraction of sp³-hybridized carbons (Fsp3) is 0. The quantitative estimate of drug-likeness (QED) is 0.612. The van der Waals surface area contributed by atoms with Gasteiger partial charge in [0.15, 0.2) is 0 Å². The van der Waals surface area contributed by atoms with Gasteiger partial charge in [0.25, 0.3) is 0 Å². The van der Waals surface area contributed by atoms with E-state index in [1.807, 2.05) is 0 Å². The van der Waals surface area contributed by atoms with Crippen LogP contribution in [0, 0.1) is 0 Å². The molecular formula is C12H9NSe2. The molecule has 0 fully saturated rings. The van der Waals surface area contributed by atoms with Crippen molar-refractivity contribution in [3.05, 3.63) is 48.5 Å². The Bertz CT molecular complexity index is 547. The average molecular weight is 325 g/mol. The van der Waals surface area contributed by atoms with Gasteiger partial charge in [-0.1, -0.05) is 0 Å². The second-order valence-electron chi connectivity index (χ2n) is 3.34. The molecule has 0 radical (unpaired) electrons. The molecule has 0 saturated heterocycles. The fourth-order valence-corrected chi connectivity index (χ4v) is 7.41. The minimum atomic E-state index is 0.622. The number of nitrogens with one attached hydrogen (secondary N) is 1. The van der Waals surface area contributed by atoms with E-state index in [2.05, 4.69) is 53.5 Å². The van der Waals surface area contributed by atoms with Crippen LogP contribution in [0.2, 0.25) is 0 Å². The standard InChI is InChI=1S/C12H9NSe2/c1-5-11-6-2-9(1)13-10-3-7-12(8-4-10)15-14-11/h1-8,13H. The molecule has 6 rings (SSSR count). The summed E-state index contributed by atoms with van der Waals surface area (Å²) < 4.78 is 3.00. The number of H-pyrrole nitrogens is 1. The second-order valence-corrected chi connectivity index (χ2v) is 9.65. The first-order valence-electron chi connectivity index (χ1n) is 4.72. The van der Waals surface area contributed by atoms with Crippen LogP contribution < -0.4 is 0 Å². The average Bonchev–Trinajstić information content (AvgIpc) is 2.39. The maximum atomic E-state index is 3.40. The molecule has 0 atom stereocenters. The maximum absolute atomic E-state index is 3.40. The van der Waals surface area contributed by atoms with Gasteiger partial charge in [0, 0.05) is 0 Å². The summed E-state index contributed by atoms with van der Waals surface area (Å²) in [5, 5.41) is 0. The SMILES string of the molecule is c1cc2ccc1[nH]c1ccc(cc1)[se][se]2. The summed E-state index contributed by atoms with van der Waals surface area (Å²) in [6.45, 7) is 0. The molecule has 0 spiro atoms. The van der Waals surface area contributed by atoms with Crippen molar-refractivity contribution in [2.75, 3.05) is 0 Å². The summed E-state index contributed by atoms with van der Waals surface area (Å²) in [5.74, 6) is 0. The summed E-state index contributed by atoms with van der Waals surface area (Å²) in [4.78, 5) is 3.40. The first kappa shape index (κ1) is 9.50. The van der Waals surface area contributed by atoms with E-state index in [4.69, 9.17) is 0 Å². The molecule has 3 heteroatoms. The van der Waals surface area contributed by atoms with Gasteiger partial charge in [-0.25, -0.2) is 0 Å². The number of aromatic nitrogens is 1. The summed E-state index contributed by atoms with van der Waals surface area (Å²) in [6.07, 6.45) is 0. The Kier molecular flexibility index (Phi) is 2.55. The van der Waals surface area contributed by atoms with Gasteiger partial charge >= 0.3 is 98.3 Å². The van der Waals surface area contributed by atoms with Gasteiger partial charge in [0.05, 0.1) is 0 Å². The molecule has 15 heavy (non-hydrogen) atoms. The first-order chi connectivity index (χ1) is 7.40. The van der Waals surface area contributed by atoms with Crippen molar-refractivity contribution >= 4 is 44.8 Å². The summed E-state index contributed by atoms with van der Waals surface area (Å²) in [5.41, 5.74) is 2.36. The van der Waals surface area contributed by atoms with E-state index >= 15 is 0 Å². The summed E-state index contributed by atoms with van der Waals surface area (Å²) in [6, 6.07) is 17.7. The van der Waals surface area contributed by atoms with E-state index in [0.29, 0.717) is 25.3 Å². The third kappa shape index (κ3) is 2.11. The van der Waals surface area contributed by atoms with Crippen LogP contribution in [-0.2, 0) is 0 Å².